The Morgan fingerprint density at radius 2 is 1.95 bits per heavy atom. The number of phenols is 1. The van der Waals surface area contributed by atoms with Crippen LogP contribution in [0.4, 0.5) is 0 Å². The lowest BCUT2D eigenvalue weighted by molar-refractivity contribution is -0.107. The first-order chi connectivity index (χ1) is 9.29. The van der Waals surface area contributed by atoms with Gasteiger partial charge in [0.15, 0.2) is 0 Å². The van der Waals surface area contributed by atoms with E-state index in [1.54, 1.807) is 6.07 Å². The first-order valence-electron chi connectivity index (χ1n) is 6.60. The van der Waals surface area contributed by atoms with Crippen LogP contribution in [0.15, 0.2) is 48.5 Å². The van der Waals surface area contributed by atoms with E-state index in [2.05, 4.69) is 12.1 Å². The lowest BCUT2D eigenvalue weighted by Gasteiger charge is -2.07. The first-order valence-corrected chi connectivity index (χ1v) is 6.60. The van der Waals surface area contributed by atoms with Gasteiger partial charge >= 0.3 is 0 Å². The van der Waals surface area contributed by atoms with E-state index in [9.17, 15) is 9.90 Å². The van der Waals surface area contributed by atoms with Gasteiger partial charge in [0.2, 0.25) is 0 Å². The molecule has 2 aromatic carbocycles. The molecule has 1 N–H and O–H groups in total. The largest absolute Gasteiger partial charge is 0.508 e. The van der Waals surface area contributed by atoms with Crippen molar-refractivity contribution in [2.75, 3.05) is 0 Å². The summed E-state index contributed by atoms with van der Waals surface area (Å²) in [6, 6.07) is 15.6. The van der Waals surface area contributed by atoms with Gasteiger partial charge in [0.1, 0.15) is 12.0 Å². The third-order valence-electron chi connectivity index (χ3n) is 3.85. The maximum Gasteiger partial charge on any atom is 0.124 e. The average Bonchev–Trinajstić information content (AvgIpc) is 3.20. The molecule has 1 saturated carbocycles. The van der Waals surface area contributed by atoms with Crippen molar-refractivity contribution in [3.05, 3.63) is 65.2 Å². The summed E-state index contributed by atoms with van der Waals surface area (Å²) >= 11 is 0. The van der Waals surface area contributed by atoms with Gasteiger partial charge in [-0.25, -0.2) is 0 Å². The summed E-state index contributed by atoms with van der Waals surface area (Å²) in [5, 5.41) is 9.54. The fraction of sp³-hybridized carbons (Fsp3) is 0.235. The Bertz CT molecular complexity index is 604. The summed E-state index contributed by atoms with van der Waals surface area (Å²) in [7, 11) is 0. The van der Waals surface area contributed by atoms with Gasteiger partial charge in [-0.05, 0) is 47.1 Å². The quantitative estimate of drug-likeness (QED) is 0.847. The molecular weight excluding hydrogens is 236 g/mol. The lowest BCUT2D eigenvalue weighted by atomic mass is 9.98. The SMILES string of the molecule is O=CCc1ccccc1C1CC1c1cccc(O)c1. The monoisotopic (exact) mass is 252 g/mol. The van der Waals surface area contributed by atoms with E-state index in [4.69, 9.17) is 0 Å². The fourth-order valence-electron chi connectivity index (χ4n) is 2.83. The van der Waals surface area contributed by atoms with E-state index in [0.29, 0.717) is 24.0 Å². The molecule has 0 saturated heterocycles. The number of aromatic hydroxyl groups is 1. The Morgan fingerprint density at radius 3 is 2.74 bits per heavy atom. The van der Waals surface area contributed by atoms with Crippen LogP contribution >= 0.6 is 0 Å². The van der Waals surface area contributed by atoms with Crippen molar-refractivity contribution in [1.82, 2.24) is 0 Å². The number of benzene rings is 2. The van der Waals surface area contributed by atoms with Crippen molar-refractivity contribution in [3.8, 4) is 5.75 Å². The summed E-state index contributed by atoms with van der Waals surface area (Å²) in [6.07, 6.45) is 2.54. The highest BCUT2D eigenvalue weighted by Gasteiger charge is 2.40. The number of phenolic OH excluding ortho intramolecular Hbond substituents is 1. The predicted octanol–water partition coefficient (Wildman–Crippen LogP) is 3.40. The molecule has 0 heterocycles. The standard InChI is InChI=1S/C17H16O2/c18-9-8-12-4-1-2-7-15(12)17-11-16(17)13-5-3-6-14(19)10-13/h1-7,9-10,16-17,19H,8,11H2. The van der Waals surface area contributed by atoms with Crippen LogP contribution in [0.25, 0.3) is 0 Å². The van der Waals surface area contributed by atoms with Crippen LogP contribution in [-0.4, -0.2) is 11.4 Å². The number of aldehydes is 1. The summed E-state index contributed by atoms with van der Waals surface area (Å²) in [6.45, 7) is 0. The van der Waals surface area contributed by atoms with Gasteiger partial charge in [-0.3, -0.25) is 0 Å². The van der Waals surface area contributed by atoms with Gasteiger partial charge in [-0.1, -0.05) is 36.4 Å². The Kier molecular flexibility index (Phi) is 3.08. The Balaban J connectivity index is 1.85. The molecule has 2 nitrogen and oxygen atoms in total. The van der Waals surface area contributed by atoms with Crippen LogP contribution in [0.2, 0.25) is 0 Å². The normalized spacial score (nSPS) is 21.1. The summed E-state index contributed by atoms with van der Waals surface area (Å²) in [4.78, 5) is 10.7. The molecule has 2 heteroatoms. The molecule has 3 rings (SSSR count). The van der Waals surface area contributed by atoms with Crippen molar-refractivity contribution >= 4 is 6.29 Å². The zero-order chi connectivity index (χ0) is 13.2. The predicted molar refractivity (Wildman–Crippen MR) is 74.4 cm³/mol. The molecule has 96 valence electrons. The first kappa shape index (κ1) is 12.0. The molecule has 0 radical (unpaired) electrons. The number of carbonyl (C=O) groups is 1. The average molecular weight is 252 g/mol. The zero-order valence-electron chi connectivity index (χ0n) is 10.6. The number of hydrogen-bond donors (Lipinski definition) is 1. The molecule has 2 aromatic rings. The zero-order valence-corrected chi connectivity index (χ0v) is 10.6. The van der Waals surface area contributed by atoms with Gasteiger partial charge in [0.05, 0.1) is 0 Å². The van der Waals surface area contributed by atoms with Crippen LogP contribution in [-0.2, 0) is 11.2 Å². The second-order valence-electron chi connectivity index (χ2n) is 5.11. The molecule has 0 spiro atoms. The van der Waals surface area contributed by atoms with Gasteiger partial charge in [0.25, 0.3) is 0 Å². The molecule has 1 aliphatic rings. The second-order valence-corrected chi connectivity index (χ2v) is 5.11. The minimum absolute atomic E-state index is 0.323. The summed E-state index contributed by atoms with van der Waals surface area (Å²) in [5.41, 5.74) is 3.60. The highest BCUT2D eigenvalue weighted by atomic mass is 16.3. The maximum absolute atomic E-state index is 10.7. The molecule has 0 aromatic heterocycles. The minimum atomic E-state index is 0.323. The highest BCUT2D eigenvalue weighted by molar-refractivity contribution is 5.57. The van der Waals surface area contributed by atoms with Gasteiger partial charge < -0.3 is 9.90 Å². The van der Waals surface area contributed by atoms with Gasteiger partial charge in [-0.15, -0.1) is 0 Å². The Labute approximate surface area is 112 Å². The molecule has 2 unspecified atom stereocenters. The second kappa shape index (κ2) is 4.88. The molecule has 1 aliphatic carbocycles. The molecule has 0 amide bonds. The van der Waals surface area contributed by atoms with Crippen molar-refractivity contribution in [1.29, 1.82) is 0 Å². The molecular formula is C17H16O2. The van der Waals surface area contributed by atoms with Gasteiger partial charge in [0, 0.05) is 6.42 Å². The smallest absolute Gasteiger partial charge is 0.124 e. The molecule has 2 atom stereocenters. The molecule has 0 aliphatic heterocycles. The number of rotatable bonds is 4. The van der Waals surface area contributed by atoms with Crippen molar-refractivity contribution < 1.29 is 9.90 Å². The van der Waals surface area contributed by atoms with Crippen LogP contribution < -0.4 is 0 Å². The van der Waals surface area contributed by atoms with Crippen LogP contribution in [0.3, 0.4) is 0 Å². The van der Waals surface area contributed by atoms with Crippen LogP contribution in [0.1, 0.15) is 34.9 Å². The summed E-state index contributed by atoms with van der Waals surface area (Å²) < 4.78 is 0. The van der Waals surface area contributed by atoms with Crippen molar-refractivity contribution in [2.24, 2.45) is 0 Å². The van der Waals surface area contributed by atoms with E-state index in [0.717, 1.165) is 18.3 Å². The van der Waals surface area contributed by atoms with E-state index in [-0.39, 0.29) is 0 Å². The lowest BCUT2D eigenvalue weighted by Crippen LogP contribution is -1.94. The topological polar surface area (TPSA) is 37.3 Å². The van der Waals surface area contributed by atoms with E-state index >= 15 is 0 Å². The minimum Gasteiger partial charge on any atom is -0.508 e. The van der Waals surface area contributed by atoms with E-state index in [1.165, 1.54) is 11.1 Å². The molecule has 19 heavy (non-hydrogen) atoms. The van der Waals surface area contributed by atoms with E-state index < -0.39 is 0 Å². The third kappa shape index (κ3) is 2.39. The maximum atomic E-state index is 10.7. The van der Waals surface area contributed by atoms with E-state index in [1.807, 2.05) is 30.3 Å². The Morgan fingerprint density at radius 1 is 1.11 bits per heavy atom. The molecule has 1 fully saturated rings. The van der Waals surface area contributed by atoms with Crippen molar-refractivity contribution in [3.63, 3.8) is 0 Å². The molecule has 0 bridgehead atoms. The summed E-state index contributed by atoms with van der Waals surface area (Å²) in [5.74, 6) is 1.28. The highest BCUT2D eigenvalue weighted by Crippen LogP contribution is 2.55. The van der Waals surface area contributed by atoms with Crippen molar-refractivity contribution in [2.45, 2.75) is 24.7 Å². The number of carbonyl (C=O) groups excluding carboxylic acids is 1. The van der Waals surface area contributed by atoms with Crippen LogP contribution in [0, 0.1) is 0 Å². The van der Waals surface area contributed by atoms with Crippen LogP contribution in [0.5, 0.6) is 5.75 Å². The Hall–Kier alpha value is -2.09. The number of hydrogen-bond acceptors (Lipinski definition) is 2. The fourth-order valence-corrected chi connectivity index (χ4v) is 2.83. The third-order valence-corrected chi connectivity index (χ3v) is 3.85. The van der Waals surface area contributed by atoms with Gasteiger partial charge in [-0.2, -0.15) is 0 Å².